The number of thiazole rings is 1. The van der Waals surface area contributed by atoms with Crippen molar-refractivity contribution in [2.24, 2.45) is 0 Å². The molecule has 0 unspecified atom stereocenters. The Bertz CT molecular complexity index is 911. The van der Waals surface area contributed by atoms with Crippen molar-refractivity contribution >= 4 is 28.6 Å². The topological polar surface area (TPSA) is 68.7 Å². The molecule has 1 aliphatic rings. The zero-order valence-corrected chi connectivity index (χ0v) is 14.4. The Morgan fingerprint density at radius 1 is 1.08 bits per heavy atom. The van der Waals surface area contributed by atoms with E-state index in [0.717, 1.165) is 37.4 Å². The molecule has 3 heterocycles. The van der Waals surface area contributed by atoms with Crippen molar-refractivity contribution in [1.82, 2.24) is 4.98 Å². The molecule has 1 aliphatic heterocycles. The molecule has 0 radical (unpaired) electrons. The van der Waals surface area contributed by atoms with Gasteiger partial charge in [0.15, 0.2) is 11.5 Å². The molecule has 0 fully saturated rings. The number of rotatable bonds is 3. The minimum Gasteiger partial charge on any atom is -0.485 e. The Morgan fingerprint density at radius 3 is 2.33 bits per heavy atom. The second-order valence-corrected chi connectivity index (χ2v) is 7.14. The number of benzene rings is 1. The number of nitrogens with zero attached hydrogens (tertiary/aromatic N) is 1. The smallest absolute Gasteiger partial charge is 0.335 e. The van der Waals surface area contributed by atoms with E-state index in [0.29, 0.717) is 13.2 Å². The number of carbonyl (C=O) groups is 1. The predicted octanol–water partition coefficient (Wildman–Crippen LogP) is 4.32. The Kier molecular flexibility index (Phi) is 3.74. The van der Waals surface area contributed by atoms with E-state index in [2.05, 4.69) is 4.98 Å². The number of hydrogen-bond acceptors (Lipinski definition) is 6. The highest BCUT2D eigenvalue weighted by Gasteiger charge is 2.27. The lowest BCUT2D eigenvalue weighted by molar-refractivity contribution is 0.0697. The zero-order valence-electron chi connectivity index (χ0n) is 12.7. The maximum absolute atomic E-state index is 11.0. The van der Waals surface area contributed by atoms with Crippen LogP contribution in [-0.2, 0) is 0 Å². The molecule has 0 spiro atoms. The SMILES string of the molecule is Cc1ncsc1-c1sc(-c2ccc(C(=O)O)cc2)c2c1OCCO2. The number of thiophene rings is 1. The number of aromatic carboxylic acids is 1. The fraction of sp³-hybridized carbons (Fsp3) is 0.176. The lowest BCUT2D eigenvalue weighted by Crippen LogP contribution is -2.14. The van der Waals surface area contributed by atoms with Gasteiger partial charge in [-0.15, -0.1) is 22.7 Å². The summed E-state index contributed by atoms with van der Waals surface area (Å²) in [4.78, 5) is 18.4. The first-order chi connectivity index (χ1) is 11.6. The van der Waals surface area contributed by atoms with E-state index < -0.39 is 5.97 Å². The highest BCUT2D eigenvalue weighted by molar-refractivity contribution is 7.24. The molecule has 1 N–H and O–H groups in total. The third-order valence-electron chi connectivity index (χ3n) is 3.74. The number of hydrogen-bond donors (Lipinski definition) is 1. The summed E-state index contributed by atoms with van der Waals surface area (Å²) in [5.41, 5.74) is 3.97. The van der Waals surface area contributed by atoms with Crippen LogP contribution in [0.15, 0.2) is 29.8 Å². The van der Waals surface area contributed by atoms with Gasteiger partial charge in [0.2, 0.25) is 0 Å². The van der Waals surface area contributed by atoms with E-state index in [1.807, 2.05) is 12.4 Å². The Hall–Kier alpha value is -2.38. The largest absolute Gasteiger partial charge is 0.485 e. The monoisotopic (exact) mass is 359 g/mol. The summed E-state index contributed by atoms with van der Waals surface area (Å²) in [6.07, 6.45) is 0. The minimum absolute atomic E-state index is 0.264. The summed E-state index contributed by atoms with van der Waals surface area (Å²) in [5, 5.41) is 9.05. The molecule has 5 nitrogen and oxygen atoms in total. The highest BCUT2D eigenvalue weighted by atomic mass is 32.1. The number of carboxylic acids is 1. The lowest BCUT2D eigenvalue weighted by Gasteiger charge is -2.17. The van der Waals surface area contributed by atoms with Gasteiger partial charge in [-0.2, -0.15) is 0 Å². The fourth-order valence-electron chi connectivity index (χ4n) is 2.57. The lowest BCUT2D eigenvalue weighted by atomic mass is 10.1. The maximum Gasteiger partial charge on any atom is 0.335 e. The van der Waals surface area contributed by atoms with Crippen molar-refractivity contribution in [3.05, 3.63) is 41.0 Å². The van der Waals surface area contributed by atoms with Crippen LogP contribution in [0.4, 0.5) is 0 Å². The third-order valence-corrected chi connectivity index (χ3v) is 6.04. The molecule has 24 heavy (non-hydrogen) atoms. The first-order valence-electron chi connectivity index (χ1n) is 7.31. The van der Waals surface area contributed by atoms with Gasteiger partial charge >= 0.3 is 5.97 Å². The van der Waals surface area contributed by atoms with Crippen molar-refractivity contribution in [3.63, 3.8) is 0 Å². The predicted molar refractivity (Wildman–Crippen MR) is 93.5 cm³/mol. The third kappa shape index (κ3) is 2.46. The summed E-state index contributed by atoms with van der Waals surface area (Å²) in [7, 11) is 0. The normalized spacial score (nSPS) is 13.0. The minimum atomic E-state index is -0.935. The Balaban J connectivity index is 1.85. The van der Waals surface area contributed by atoms with Crippen LogP contribution in [-0.4, -0.2) is 29.3 Å². The first-order valence-corrected chi connectivity index (χ1v) is 9.01. The molecule has 0 saturated heterocycles. The van der Waals surface area contributed by atoms with Gasteiger partial charge in [-0.3, -0.25) is 0 Å². The van der Waals surface area contributed by atoms with E-state index in [4.69, 9.17) is 14.6 Å². The van der Waals surface area contributed by atoms with Gasteiger partial charge in [0.05, 0.1) is 31.4 Å². The molecule has 0 aliphatic carbocycles. The van der Waals surface area contributed by atoms with E-state index in [9.17, 15) is 4.79 Å². The van der Waals surface area contributed by atoms with Gasteiger partial charge in [0.25, 0.3) is 0 Å². The summed E-state index contributed by atoms with van der Waals surface area (Å²) >= 11 is 3.16. The van der Waals surface area contributed by atoms with Crippen molar-refractivity contribution in [2.75, 3.05) is 13.2 Å². The molecule has 2 aromatic heterocycles. The molecular weight excluding hydrogens is 346 g/mol. The van der Waals surface area contributed by atoms with E-state index in [1.165, 1.54) is 0 Å². The molecule has 4 rings (SSSR count). The summed E-state index contributed by atoms with van der Waals surface area (Å²) in [6.45, 7) is 3.00. The maximum atomic E-state index is 11.0. The standard InChI is InChI=1S/C17H13NO4S2/c1-9-14(23-8-18-9)16-13-12(21-6-7-22-13)15(24-16)10-2-4-11(5-3-10)17(19)20/h2-5,8H,6-7H2,1H3,(H,19,20). The van der Waals surface area contributed by atoms with Gasteiger partial charge in [0.1, 0.15) is 13.2 Å². The van der Waals surface area contributed by atoms with E-state index in [-0.39, 0.29) is 5.56 Å². The fourth-order valence-corrected chi connectivity index (χ4v) is 4.77. The molecule has 0 bridgehead atoms. The van der Waals surface area contributed by atoms with Crippen molar-refractivity contribution in [2.45, 2.75) is 6.92 Å². The zero-order chi connectivity index (χ0) is 16.7. The van der Waals surface area contributed by atoms with Crippen LogP contribution < -0.4 is 9.47 Å². The Morgan fingerprint density at radius 2 is 1.75 bits per heavy atom. The van der Waals surface area contributed by atoms with Gasteiger partial charge in [0, 0.05) is 0 Å². The number of aryl methyl sites for hydroxylation is 1. The quantitative estimate of drug-likeness (QED) is 0.754. The average molecular weight is 359 g/mol. The van der Waals surface area contributed by atoms with Crippen LogP contribution in [0, 0.1) is 6.92 Å². The second kappa shape index (κ2) is 5.92. The summed E-state index contributed by atoms with van der Waals surface area (Å²) < 4.78 is 11.7. The number of aromatic nitrogens is 1. The first kappa shape index (κ1) is 15.2. The molecule has 0 amide bonds. The molecule has 3 aromatic rings. The number of fused-ring (bicyclic) bond motifs is 1. The highest BCUT2D eigenvalue weighted by Crippen LogP contribution is 2.54. The van der Waals surface area contributed by atoms with Crippen LogP contribution in [0.25, 0.3) is 20.2 Å². The van der Waals surface area contributed by atoms with Crippen molar-refractivity contribution < 1.29 is 19.4 Å². The molecule has 0 atom stereocenters. The molecule has 7 heteroatoms. The van der Waals surface area contributed by atoms with Crippen LogP contribution in [0.5, 0.6) is 11.5 Å². The van der Waals surface area contributed by atoms with Crippen molar-refractivity contribution in [1.29, 1.82) is 0 Å². The van der Waals surface area contributed by atoms with E-state index in [1.54, 1.807) is 46.9 Å². The van der Waals surface area contributed by atoms with E-state index >= 15 is 0 Å². The van der Waals surface area contributed by atoms with Crippen molar-refractivity contribution in [3.8, 4) is 31.7 Å². The molecule has 122 valence electrons. The van der Waals surface area contributed by atoms with Gasteiger partial charge in [-0.25, -0.2) is 9.78 Å². The summed E-state index contributed by atoms with van der Waals surface area (Å²) in [5.74, 6) is 0.559. The average Bonchev–Trinajstić information content (AvgIpc) is 3.18. The Labute approximate surface area is 146 Å². The number of carboxylic acid groups (broad SMARTS) is 1. The number of ether oxygens (including phenoxy) is 2. The van der Waals surface area contributed by atoms with Crippen LogP contribution in [0.2, 0.25) is 0 Å². The van der Waals surface area contributed by atoms with Gasteiger partial charge in [-0.05, 0) is 24.6 Å². The van der Waals surface area contributed by atoms with Crippen LogP contribution in [0.3, 0.4) is 0 Å². The van der Waals surface area contributed by atoms with Crippen LogP contribution >= 0.6 is 22.7 Å². The van der Waals surface area contributed by atoms with Crippen LogP contribution in [0.1, 0.15) is 16.1 Å². The van der Waals surface area contributed by atoms with Gasteiger partial charge < -0.3 is 14.6 Å². The summed E-state index contributed by atoms with van der Waals surface area (Å²) in [6, 6.07) is 6.81. The molecular formula is C17H13NO4S2. The second-order valence-electron chi connectivity index (χ2n) is 5.26. The van der Waals surface area contributed by atoms with Gasteiger partial charge in [-0.1, -0.05) is 12.1 Å². The molecule has 1 aromatic carbocycles. The molecule has 0 saturated carbocycles.